The van der Waals surface area contributed by atoms with Crippen LogP contribution in [0.15, 0.2) is 0 Å². The van der Waals surface area contributed by atoms with Gasteiger partial charge in [0, 0.05) is 19.7 Å². The van der Waals surface area contributed by atoms with Gasteiger partial charge in [0.15, 0.2) is 0 Å². The van der Waals surface area contributed by atoms with E-state index in [1.165, 1.54) is 12.8 Å². The van der Waals surface area contributed by atoms with Gasteiger partial charge in [0.2, 0.25) is 5.91 Å². The van der Waals surface area contributed by atoms with Crippen molar-refractivity contribution in [2.45, 2.75) is 51.7 Å². The summed E-state index contributed by atoms with van der Waals surface area (Å²) in [5, 5.41) is 3.11. The molecule has 1 amide bonds. The second-order valence-corrected chi connectivity index (χ2v) is 5.37. The SMILES string of the molecule is COC(CN)CC(=O)NC1CCC(C)CC1C. The Hall–Kier alpha value is -0.610. The number of amides is 1. The maximum atomic E-state index is 11.8. The Kier molecular flexibility index (Phi) is 5.92. The molecule has 1 aliphatic rings. The fraction of sp³-hybridized carbons (Fsp3) is 0.923. The van der Waals surface area contributed by atoms with Crippen molar-refractivity contribution in [3.8, 4) is 0 Å². The summed E-state index contributed by atoms with van der Waals surface area (Å²) in [5.41, 5.74) is 5.51. The highest BCUT2D eigenvalue weighted by Gasteiger charge is 2.26. The van der Waals surface area contributed by atoms with Crippen LogP contribution in [0.4, 0.5) is 0 Å². The van der Waals surface area contributed by atoms with Gasteiger partial charge in [0.1, 0.15) is 0 Å². The van der Waals surface area contributed by atoms with E-state index in [9.17, 15) is 4.79 Å². The molecular weight excluding hydrogens is 216 g/mol. The summed E-state index contributed by atoms with van der Waals surface area (Å²) in [5.74, 6) is 1.42. The molecule has 100 valence electrons. The number of hydrogen-bond acceptors (Lipinski definition) is 3. The Balaban J connectivity index is 2.35. The van der Waals surface area contributed by atoms with Crippen molar-refractivity contribution < 1.29 is 9.53 Å². The zero-order valence-corrected chi connectivity index (χ0v) is 11.2. The number of nitrogens with one attached hydrogen (secondary N) is 1. The lowest BCUT2D eigenvalue weighted by molar-refractivity contribution is -0.124. The molecule has 4 heteroatoms. The summed E-state index contributed by atoms with van der Waals surface area (Å²) < 4.78 is 5.12. The van der Waals surface area contributed by atoms with E-state index < -0.39 is 0 Å². The van der Waals surface area contributed by atoms with E-state index in [0.717, 1.165) is 12.3 Å². The van der Waals surface area contributed by atoms with E-state index in [1.807, 2.05) is 0 Å². The zero-order chi connectivity index (χ0) is 12.8. The molecule has 0 bridgehead atoms. The van der Waals surface area contributed by atoms with E-state index in [4.69, 9.17) is 10.5 Å². The van der Waals surface area contributed by atoms with Crippen LogP contribution >= 0.6 is 0 Å². The summed E-state index contributed by atoms with van der Waals surface area (Å²) >= 11 is 0. The van der Waals surface area contributed by atoms with Crippen molar-refractivity contribution in [2.24, 2.45) is 17.6 Å². The lowest BCUT2D eigenvalue weighted by Gasteiger charge is -2.33. The van der Waals surface area contributed by atoms with Crippen LogP contribution in [0, 0.1) is 11.8 Å². The number of rotatable bonds is 5. The van der Waals surface area contributed by atoms with Gasteiger partial charge in [-0.3, -0.25) is 4.79 Å². The lowest BCUT2D eigenvalue weighted by Crippen LogP contribution is -2.44. The molecule has 3 N–H and O–H groups in total. The molecule has 0 saturated heterocycles. The number of nitrogens with two attached hydrogens (primary N) is 1. The Morgan fingerprint density at radius 2 is 2.18 bits per heavy atom. The van der Waals surface area contributed by atoms with Crippen molar-refractivity contribution in [1.29, 1.82) is 0 Å². The molecular formula is C13H26N2O2. The Labute approximate surface area is 104 Å². The molecule has 4 atom stereocenters. The molecule has 4 unspecified atom stereocenters. The predicted octanol–water partition coefficient (Wildman–Crippen LogP) is 1.29. The molecule has 0 spiro atoms. The Bertz CT molecular complexity index is 242. The molecule has 17 heavy (non-hydrogen) atoms. The van der Waals surface area contributed by atoms with Gasteiger partial charge in [-0.25, -0.2) is 0 Å². The van der Waals surface area contributed by atoms with Crippen LogP contribution in [-0.2, 0) is 9.53 Å². The number of carbonyl (C=O) groups excluding carboxylic acids is 1. The zero-order valence-electron chi connectivity index (χ0n) is 11.2. The van der Waals surface area contributed by atoms with E-state index in [0.29, 0.717) is 24.9 Å². The topological polar surface area (TPSA) is 64.3 Å². The number of carbonyl (C=O) groups is 1. The second-order valence-electron chi connectivity index (χ2n) is 5.37. The van der Waals surface area contributed by atoms with Crippen LogP contribution in [0.5, 0.6) is 0 Å². The maximum Gasteiger partial charge on any atom is 0.222 e. The van der Waals surface area contributed by atoms with Gasteiger partial charge in [-0.1, -0.05) is 13.8 Å². The highest BCUT2D eigenvalue weighted by Crippen LogP contribution is 2.28. The minimum absolute atomic E-state index is 0.0636. The third-order valence-electron chi connectivity index (χ3n) is 3.79. The third kappa shape index (κ3) is 4.64. The first-order valence-corrected chi connectivity index (χ1v) is 6.59. The van der Waals surface area contributed by atoms with Crippen LogP contribution in [0.3, 0.4) is 0 Å². The molecule has 1 fully saturated rings. The minimum Gasteiger partial charge on any atom is -0.380 e. The molecule has 0 aromatic heterocycles. The molecule has 1 saturated carbocycles. The number of ether oxygens (including phenoxy) is 1. The average molecular weight is 242 g/mol. The van der Waals surface area contributed by atoms with Crippen LogP contribution < -0.4 is 11.1 Å². The Morgan fingerprint density at radius 1 is 1.47 bits per heavy atom. The van der Waals surface area contributed by atoms with Gasteiger partial charge in [0.25, 0.3) is 0 Å². The van der Waals surface area contributed by atoms with Gasteiger partial charge >= 0.3 is 0 Å². The van der Waals surface area contributed by atoms with E-state index in [1.54, 1.807) is 7.11 Å². The average Bonchev–Trinajstić information content (AvgIpc) is 2.29. The largest absolute Gasteiger partial charge is 0.380 e. The number of methoxy groups -OCH3 is 1. The molecule has 1 aliphatic carbocycles. The highest BCUT2D eigenvalue weighted by molar-refractivity contribution is 5.76. The van der Waals surface area contributed by atoms with Crippen LogP contribution in [0.1, 0.15) is 39.5 Å². The normalized spacial score (nSPS) is 30.9. The van der Waals surface area contributed by atoms with Crippen molar-refractivity contribution in [1.82, 2.24) is 5.32 Å². The van der Waals surface area contributed by atoms with Gasteiger partial charge in [0.05, 0.1) is 12.5 Å². The number of hydrogen-bond donors (Lipinski definition) is 2. The van der Waals surface area contributed by atoms with Gasteiger partial charge < -0.3 is 15.8 Å². The lowest BCUT2D eigenvalue weighted by atomic mass is 9.80. The fourth-order valence-electron chi connectivity index (χ4n) is 2.62. The highest BCUT2D eigenvalue weighted by atomic mass is 16.5. The quantitative estimate of drug-likeness (QED) is 0.763. The molecule has 0 radical (unpaired) electrons. The first-order chi connectivity index (χ1) is 8.06. The second kappa shape index (κ2) is 6.97. The van der Waals surface area contributed by atoms with Crippen LogP contribution in [0.25, 0.3) is 0 Å². The Morgan fingerprint density at radius 3 is 2.71 bits per heavy atom. The van der Waals surface area contributed by atoms with Gasteiger partial charge in [-0.2, -0.15) is 0 Å². The summed E-state index contributed by atoms with van der Waals surface area (Å²) in [6, 6.07) is 0.328. The first kappa shape index (κ1) is 14.5. The van der Waals surface area contributed by atoms with E-state index in [2.05, 4.69) is 19.2 Å². The van der Waals surface area contributed by atoms with Crippen molar-refractivity contribution >= 4 is 5.91 Å². The maximum absolute atomic E-state index is 11.8. The third-order valence-corrected chi connectivity index (χ3v) is 3.79. The van der Waals surface area contributed by atoms with E-state index >= 15 is 0 Å². The van der Waals surface area contributed by atoms with Crippen molar-refractivity contribution in [3.63, 3.8) is 0 Å². The molecule has 4 nitrogen and oxygen atoms in total. The fourth-order valence-corrected chi connectivity index (χ4v) is 2.62. The van der Waals surface area contributed by atoms with Crippen LogP contribution in [0.2, 0.25) is 0 Å². The molecule has 0 heterocycles. The summed E-state index contributed by atoms with van der Waals surface area (Å²) in [4.78, 5) is 11.8. The first-order valence-electron chi connectivity index (χ1n) is 6.59. The minimum atomic E-state index is -0.159. The smallest absolute Gasteiger partial charge is 0.222 e. The molecule has 0 aromatic carbocycles. The van der Waals surface area contributed by atoms with Crippen LogP contribution in [-0.4, -0.2) is 31.7 Å². The van der Waals surface area contributed by atoms with Gasteiger partial charge in [-0.05, 0) is 31.1 Å². The monoisotopic (exact) mass is 242 g/mol. The summed E-state index contributed by atoms with van der Waals surface area (Å²) in [6.45, 7) is 4.89. The van der Waals surface area contributed by atoms with Gasteiger partial charge in [-0.15, -0.1) is 0 Å². The standard InChI is InChI=1S/C13H26N2O2/c1-9-4-5-12(10(2)6-9)15-13(16)7-11(8-14)17-3/h9-12H,4-8,14H2,1-3H3,(H,15,16). The molecule has 1 rings (SSSR count). The summed E-state index contributed by atoms with van der Waals surface area (Å²) in [7, 11) is 1.59. The predicted molar refractivity (Wildman–Crippen MR) is 68.6 cm³/mol. The summed E-state index contributed by atoms with van der Waals surface area (Å²) in [6.07, 6.45) is 3.71. The van der Waals surface area contributed by atoms with E-state index in [-0.39, 0.29) is 12.0 Å². The molecule has 0 aromatic rings. The molecule has 0 aliphatic heterocycles. The van der Waals surface area contributed by atoms with Crippen molar-refractivity contribution in [2.75, 3.05) is 13.7 Å². The van der Waals surface area contributed by atoms with Crippen molar-refractivity contribution in [3.05, 3.63) is 0 Å².